The molecule has 7 nitrogen and oxygen atoms in total. The van der Waals surface area contributed by atoms with Crippen molar-refractivity contribution in [3.05, 3.63) is 53.6 Å². The third kappa shape index (κ3) is 5.81. The number of amides is 1. The molecule has 0 saturated carbocycles. The van der Waals surface area contributed by atoms with Gasteiger partial charge in [-0.25, -0.2) is 14.4 Å². The molecule has 0 aliphatic carbocycles. The highest BCUT2D eigenvalue weighted by molar-refractivity contribution is 6.02. The summed E-state index contributed by atoms with van der Waals surface area (Å²) in [5.74, 6) is -2.42. The summed E-state index contributed by atoms with van der Waals surface area (Å²) < 4.78 is 98.8. The van der Waals surface area contributed by atoms with Gasteiger partial charge in [-0.1, -0.05) is 0 Å². The molecule has 14 heteroatoms. The average molecular weight is 480 g/mol. The number of amidine groups is 1. The summed E-state index contributed by atoms with van der Waals surface area (Å²) in [5.41, 5.74) is 3.00. The Kier molecular flexibility index (Phi) is 6.13. The maximum Gasteiger partial charge on any atom is 0.573 e. The Morgan fingerprint density at radius 1 is 1.21 bits per heavy atom. The molecule has 1 aromatic heterocycles. The Balaban J connectivity index is 1.83. The van der Waals surface area contributed by atoms with E-state index in [-0.39, 0.29) is 16.9 Å². The van der Waals surface area contributed by atoms with E-state index >= 15 is 0 Å². The number of aromatic nitrogens is 1. The number of alkyl halides is 6. The van der Waals surface area contributed by atoms with Crippen molar-refractivity contribution >= 4 is 17.6 Å². The summed E-state index contributed by atoms with van der Waals surface area (Å²) in [5, 5.41) is 2.34. The standard InChI is InChI=1S/C19H15F7N4O3/c1-17(7-14(18(21,22)23)32-16(27)30-17)11-6-9(2-4-12(11)20)29-15(31)13-5-3-10(8-28-13)33-19(24,25)26/h2-6,8,14H,7H2,1H3,(H2,27,30)(H,29,31)/t14-,17-/m0/s1. The Labute approximate surface area is 181 Å². The van der Waals surface area contributed by atoms with Crippen LogP contribution >= 0.6 is 0 Å². The molecule has 2 aromatic rings. The second-order valence-corrected chi connectivity index (χ2v) is 7.15. The summed E-state index contributed by atoms with van der Waals surface area (Å²) in [7, 11) is 0. The first-order valence-electron chi connectivity index (χ1n) is 9.08. The molecule has 33 heavy (non-hydrogen) atoms. The van der Waals surface area contributed by atoms with Crippen molar-refractivity contribution < 1.29 is 45.0 Å². The molecule has 0 saturated heterocycles. The first kappa shape index (κ1) is 24.1. The minimum Gasteiger partial charge on any atom is -0.452 e. The Hall–Kier alpha value is -3.58. The molecule has 0 bridgehead atoms. The fraction of sp³-hybridized carbons (Fsp3) is 0.316. The van der Waals surface area contributed by atoms with Crippen molar-refractivity contribution in [1.29, 1.82) is 0 Å². The van der Waals surface area contributed by atoms with Crippen molar-refractivity contribution in [3.63, 3.8) is 0 Å². The third-order valence-corrected chi connectivity index (χ3v) is 4.57. The molecule has 178 valence electrons. The van der Waals surface area contributed by atoms with Gasteiger partial charge in [0.05, 0.1) is 11.7 Å². The lowest BCUT2D eigenvalue weighted by Crippen LogP contribution is -2.46. The van der Waals surface area contributed by atoms with E-state index in [4.69, 9.17) is 5.73 Å². The maximum atomic E-state index is 14.5. The van der Waals surface area contributed by atoms with Crippen LogP contribution in [0.2, 0.25) is 0 Å². The fourth-order valence-electron chi connectivity index (χ4n) is 3.14. The monoisotopic (exact) mass is 480 g/mol. The Morgan fingerprint density at radius 3 is 2.48 bits per heavy atom. The molecular formula is C19H15F7N4O3. The Morgan fingerprint density at radius 2 is 1.91 bits per heavy atom. The lowest BCUT2D eigenvalue weighted by atomic mass is 9.85. The average Bonchev–Trinajstić information content (AvgIpc) is 2.67. The van der Waals surface area contributed by atoms with E-state index in [1.165, 1.54) is 6.92 Å². The molecule has 0 spiro atoms. The molecule has 3 rings (SSSR count). The highest BCUT2D eigenvalue weighted by Crippen LogP contribution is 2.41. The van der Waals surface area contributed by atoms with E-state index in [0.29, 0.717) is 6.20 Å². The lowest BCUT2D eigenvalue weighted by Gasteiger charge is -2.36. The van der Waals surface area contributed by atoms with Gasteiger partial charge in [-0.15, -0.1) is 13.2 Å². The van der Waals surface area contributed by atoms with Crippen LogP contribution in [-0.4, -0.2) is 35.6 Å². The lowest BCUT2D eigenvalue weighted by molar-refractivity contribution is -0.274. The van der Waals surface area contributed by atoms with Crippen LogP contribution in [0.1, 0.15) is 29.4 Å². The van der Waals surface area contributed by atoms with Crippen LogP contribution in [0.3, 0.4) is 0 Å². The highest BCUT2D eigenvalue weighted by atomic mass is 19.4. The van der Waals surface area contributed by atoms with Crippen LogP contribution in [0.25, 0.3) is 0 Å². The molecule has 1 aliphatic rings. The highest BCUT2D eigenvalue weighted by Gasteiger charge is 2.50. The quantitative estimate of drug-likeness (QED) is 0.638. The van der Waals surface area contributed by atoms with E-state index in [1.54, 1.807) is 0 Å². The number of hydrogen-bond donors (Lipinski definition) is 2. The van der Waals surface area contributed by atoms with Crippen molar-refractivity contribution in [1.82, 2.24) is 4.98 Å². The minimum absolute atomic E-state index is 0.0288. The molecule has 0 unspecified atom stereocenters. The third-order valence-electron chi connectivity index (χ3n) is 4.57. The first-order chi connectivity index (χ1) is 15.2. The van der Waals surface area contributed by atoms with Gasteiger partial charge in [0.15, 0.2) is 6.10 Å². The molecule has 2 atom stereocenters. The molecule has 1 amide bonds. The van der Waals surface area contributed by atoms with Gasteiger partial charge in [0, 0.05) is 17.7 Å². The molecule has 0 radical (unpaired) electrons. The zero-order chi connectivity index (χ0) is 24.6. The Bertz CT molecular complexity index is 1070. The van der Waals surface area contributed by atoms with Crippen molar-refractivity contribution in [2.24, 2.45) is 10.7 Å². The molecule has 3 N–H and O–H groups in total. The number of pyridine rings is 1. The predicted molar refractivity (Wildman–Crippen MR) is 99.8 cm³/mol. The number of ether oxygens (including phenoxy) is 2. The number of rotatable bonds is 4. The van der Waals surface area contributed by atoms with Gasteiger partial charge in [-0.3, -0.25) is 4.79 Å². The van der Waals surface area contributed by atoms with Crippen LogP contribution in [0.5, 0.6) is 5.75 Å². The number of carbonyl (C=O) groups is 1. The molecular weight excluding hydrogens is 465 g/mol. The van der Waals surface area contributed by atoms with Gasteiger partial charge in [0.2, 0.25) is 0 Å². The second-order valence-electron chi connectivity index (χ2n) is 7.15. The van der Waals surface area contributed by atoms with Crippen LogP contribution < -0.4 is 15.8 Å². The minimum atomic E-state index is -4.94. The summed E-state index contributed by atoms with van der Waals surface area (Å²) in [6.45, 7) is 1.23. The van der Waals surface area contributed by atoms with Crippen LogP contribution in [0.15, 0.2) is 41.5 Å². The van der Waals surface area contributed by atoms with Gasteiger partial charge < -0.3 is 20.5 Å². The number of carbonyl (C=O) groups excluding carboxylic acids is 1. The van der Waals surface area contributed by atoms with E-state index < -0.39 is 54.1 Å². The number of anilines is 1. The van der Waals surface area contributed by atoms with Crippen LogP contribution in [-0.2, 0) is 10.3 Å². The first-order valence-corrected chi connectivity index (χ1v) is 9.08. The van der Waals surface area contributed by atoms with Crippen LogP contribution in [0.4, 0.5) is 36.4 Å². The van der Waals surface area contributed by atoms with E-state index in [9.17, 15) is 35.5 Å². The number of nitrogens with two attached hydrogens (primary N) is 1. The van der Waals surface area contributed by atoms with Crippen molar-refractivity contribution in [2.45, 2.75) is 37.5 Å². The smallest absolute Gasteiger partial charge is 0.452 e. The van der Waals surface area contributed by atoms with Crippen molar-refractivity contribution in [2.75, 3.05) is 5.32 Å². The number of aliphatic imine (C=N–C) groups is 1. The van der Waals surface area contributed by atoms with Gasteiger partial charge in [0.1, 0.15) is 17.3 Å². The normalized spacial score (nSPS) is 21.1. The van der Waals surface area contributed by atoms with Crippen molar-refractivity contribution in [3.8, 4) is 5.75 Å². The zero-order valence-electron chi connectivity index (χ0n) is 16.6. The summed E-state index contributed by atoms with van der Waals surface area (Å²) in [4.78, 5) is 19.7. The van der Waals surface area contributed by atoms with E-state index in [2.05, 4.69) is 24.8 Å². The van der Waals surface area contributed by atoms with Crippen LogP contribution in [0, 0.1) is 5.82 Å². The molecule has 0 fully saturated rings. The van der Waals surface area contributed by atoms with E-state index in [1.807, 2.05) is 0 Å². The molecule has 1 aliphatic heterocycles. The second kappa shape index (κ2) is 8.41. The number of benzene rings is 1. The largest absolute Gasteiger partial charge is 0.573 e. The van der Waals surface area contributed by atoms with Gasteiger partial charge in [0.25, 0.3) is 11.9 Å². The number of nitrogens with zero attached hydrogens (tertiary/aromatic N) is 2. The number of halogens is 7. The fourth-order valence-corrected chi connectivity index (χ4v) is 3.14. The molecule has 2 heterocycles. The SMILES string of the molecule is C[C@@]1(c2cc(NC(=O)c3ccc(OC(F)(F)F)cn3)ccc2F)C[C@@H](C(F)(F)F)OC(N)=N1. The topological polar surface area (TPSA) is 98.8 Å². The van der Waals surface area contributed by atoms with Gasteiger partial charge >= 0.3 is 12.5 Å². The number of hydrogen-bond acceptors (Lipinski definition) is 6. The maximum absolute atomic E-state index is 14.5. The molecule has 1 aromatic carbocycles. The zero-order valence-corrected chi connectivity index (χ0v) is 16.6. The number of nitrogens with one attached hydrogen (secondary N) is 1. The predicted octanol–water partition coefficient (Wildman–Crippen LogP) is 4.25. The summed E-state index contributed by atoms with van der Waals surface area (Å²) in [6, 6.07) is 4.17. The van der Waals surface area contributed by atoms with Gasteiger partial charge in [-0.05, 0) is 37.3 Å². The van der Waals surface area contributed by atoms with Gasteiger partial charge in [-0.2, -0.15) is 13.2 Å². The summed E-state index contributed by atoms with van der Waals surface area (Å²) >= 11 is 0. The summed E-state index contributed by atoms with van der Waals surface area (Å²) in [6.07, 6.45) is -12.1. The van der Waals surface area contributed by atoms with E-state index in [0.717, 1.165) is 30.3 Å².